The predicted octanol–water partition coefficient (Wildman–Crippen LogP) is 16.9. The van der Waals surface area contributed by atoms with Gasteiger partial charge >= 0.3 is 0 Å². The van der Waals surface area contributed by atoms with Crippen molar-refractivity contribution < 1.29 is 4.42 Å². The van der Waals surface area contributed by atoms with Crippen LogP contribution in [0.1, 0.15) is 16.7 Å². The lowest BCUT2D eigenvalue weighted by Gasteiger charge is -2.13. The molecule has 0 radical (unpaired) electrons. The number of aromatic nitrogens is 2. The molecule has 14 aromatic rings. The van der Waals surface area contributed by atoms with E-state index in [2.05, 4.69) is 209 Å². The molecule has 0 atom stereocenters. The smallest absolute Gasteiger partial charge is 0.161 e. The number of amidine groups is 2. The van der Waals surface area contributed by atoms with Gasteiger partial charge in [-0.05, 0) is 108 Å². The minimum Gasteiger partial charge on any atom is -0.456 e. The molecule has 0 N–H and O–H groups in total. The summed E-state index contributed by atoms with van der Waals surface area (Å²) >= 11 is 1.85. The van der Waals surface area contributed by atoms with Crippen molar-refractivity contribution in [2.75, 3.05) is 0 Å². The summed E-state index contributed by atoms with van der Waals surface area (Å²) in [6.07, 6.45) is 0. The van der Waals surface area contributed by atoms with Gasteiger partial charge in [-0.25, -0.2) is 9.98 Å². The summed E-state index contributed by atoms with van der Waals surface area (Å²) in [7, 11) is 0. The molecule has 0 unspecified atom stereocenters. The van der Waals surface area contributed by atoms with E-state index in [0.717, 1.165) is 77.4 Å². The van der Waals surface area contributed by atoms with Crippen LogP contribution in [-0.2, 0) is 6.54 Å². The Morgan fingerprint density at radius 1 is 0.437 bits per heavy atom. The third-order valence-corrected chi connectivity index (χ3v) is 15.0. The molecule has 14 rings (SSSR count). The van der Waals surface area contributed by atoms with E-state index >= 15 is 0 Å². The molecule has 0 bridgehead atoms. The van der Waals surface area contributed by atoms with Gasteiger partial charge in [0, 0.05) is 75.0 Å². The number of aliphatic imine (C=N–C) groups is 3. The van der Waals surface area contributed by atoms with E-state index < -0.39 is 0 Å². The van der Waals surface area contributed by atoms with Gasteiger partial charge in [0.25, 0.3) is 0 Å². The van der Waals surface area contributed by atoms with Crippen molar-refractivity contribution in [1.82, 2.24) is 9.13 Å². The zero-order valence-electron chi connectivity index (χ0n) is 38.3. The Bertz CT molecular complexity index is 4460. The summed E-state index contributed by atoms with van der Waals surface area (Å²) in [5.74, 6) is 1.07. The number of hydrogen-bond acceptors (Lipinski definition) is 3. The molecule has 7 heteroatoms. The Balaban J connectivity index is 0.906. The van der Waals surface area contributed by atoms with Crippen LogP contribution in [0.15, 0.2) is 244 Å². The van der Waals surface area contributed by atoms with Crippen molar-refractivity contribution >= 4 is 115 Å². The summed E-state index contributed by atoms with van der Waals surface area (Å²) in [5, 5.41) is 9.34. The fourth-order valence-electron chi connectivity index (χ4n) is 10.8. The average molecular weight is 928 g/mol. The Labute approximate surface area is 412 Å². The maximum absolute atomic E-state index is 6.63. The summed E-state index contributed by atoms with van der Waals surface area (Å²) in [6, 6.07) is 79.4. The quantitative estimate of drug-likeness (QED) is 0.116. The van der Waals surface area contributed by atoms with Crippen LogP contribution in [0, 0.1) is 0 Å². The van der Waals surface area contributed by atoms with Crippen LogP contribution in [0.5, 0.6) is 0 Å². The zero-order chi connectivity index (χ0) is 47.0. The number of rotatable bonds is 7. The van der Waals surface area contributed by atoms with E-state index in [1.807, 2.05) is 47.7 Å². The number of thiophene rings is 1. The number of benzene rings is 10. The van der Waals surface area contributed by atoms with Gasteiger partial charge in [0.15, 0.2) is 11.7 Å². The van der Waals surface area contributed by atoms with Gasteiger partial charge in [0.1, 0.15) is 11.2 Å². The van der Waals surface area contributed by atoms with Crippen LogP contribution in [0.2, 0.25) is 0 Å². The second-order valence-corrected chi connectivity index (χ2v) is 19.0. The van der Waals surface area contributed by atoms with E-state index in [1.165, 1.54) is 47.5 Å². The Morgan fingerprint density at radius 3 is 1.80 bits per heavy atom. The first-order chi connectivity index (χ1) is 35.2. The largest absolute Gasteiger partial charge is 0.456 e. The first kappa shape index (κ1) is 40.9. The molecule has 0 aliphatic carbocycles. The van der Waals surface area contributed by atoms with E-state index in [4.69, 9.17) is 14.4 Å². The van der Waals surface area contributed by atoms with Crippen molar-refractivity contribution in [2.24, 2.45) is 15.0 Å². The normalized spacial score (nSPS) is 12.5. The summed E-state index contributed by atoms with van der Waals surface area (Å²) < 4.78 is 13.9. The fourth-order valence-corrected chi connectivity index (χ4v) is 12.0. The first-order valence-electron chi connectivity index (χ1n) is 23.8. The Hall–Kier alpha value is -9.17. The first-order valence-corrected chi connectivity index (χ1v) is 24.6. The topological polar surface area (TPSA) is 60.1 Å². The highest BCUT2D eigenvalue weighted by atomic mass is 32.1. The molecule has 0 aliphatic heterocycles. The monoisotopic (exact) mass is 927 g/mol. The van der Waals surface area contributed by atoms with Gasteiger partial charge in [-0.2, -0.15) is 0 Å². The molecule has 0 spiro atoms. The third kappa shape index (κ3) is 6.66. The highest BCUT2D eigenvalue weighted by Crippen LogP contribution is 2.45. The van der Waals surface area contributed by atoms with Crippen LogP contribution in [0.3, 0.4) is 0 Å². The molecule has 0 saturated heterocycles. The molecule has 10 aromatic carbocycles. The molecular weight excluding hydrogens is 887 g/mol. The lowest BCUT2D eigenvalue weighted by molar-refractivity contribution is 0.668. The molecule has 6 nitrogen and oxygen atoms in total. The summed E-state index contributed by atoms with van der Waals surface area (Å²) in [5.41, 5.74) is 13.6. The Morgan fingerprint density at radius 2 is 1.07 bits per heavy atom. The third-order valence-electron chi connectivity index (χ3n) is 13.9. The predicted molar refractivity (Wildman–Crippen MR) is 300 cm³/mol. The maximum atomic E-state index is 6.63. The molecule has 334 valence electrons. The van der Waals surface area contributed by atoms with Gasteiger partial charge in [0.05, 0.1) is 28.6 Å². The minimum absolute atomic E-state index is 0.362. The van der Waals surface area contributed by atoms with E-state index in [1.54, 1.807) is 0 Å². The van der Waals surface area contributed by atoms with E-state index in [9.17, 15) is 0 Å². The van der Waals surface area contributed by atoms with Gasteiger partial charge in [0.2, 0.25) is 0 Å². The van der Waals surface area contributed by atoms with Gasteiger partial charge in [-0.1, -0.05) is 140 Å². The van der Waals surface area contributed by atoms with Crippen LogP contribution >= 0.6 is 11.3 Å². The number of nitrogens with zero attached hydrogens (tertiary/aromatic N) is 5. The van der Waals surface area contributed by atoms with Crippen LogP contribution in [0.25, 0.3) is 108 Å². The molecule has 4 aromatic heterocycles. The minimum atomic E-state index is 0.362. The summed E-state index contributed by atoms with van der Waals surface area (Å²) in [4.78, 5) is 15.0. The van der Waals surface area contributed by atoms with Crippen LogP contribution in [0.4, 0.5) is 0 Å². The SMILES string of the molecule is C=NC(=NC(=NCc1cccc2oc3ccc(-c4cc(-n5c6ccccc6c6ccccc65)cc5sc6ccccc6c45)cc3c12)c1ccccc1)c1ccc2c(c1)c1ccccc1n2-c1ccccc1. The van der Waals surface area contributed by atoms with Crippen LogP contribution in [-0.4, -0.2) is 27.5 Å². The second kappa shape index (κ2) is 16.5. The zero-order valence-corrected chi connectivity index (χ0v) is 39.1. The van der Waals surface area contributed by atoms with Crippen molar-refractivity contribution in [2.45, 2.75) is 6.54 Å². The Kier molecular flexibility index (Phi) is 9.50. The molecular formula is C64H41N5OS. The van der Waals surface area contributed by atoms with Crippen molar-refractivity contribution in [3.05, 3.63) is 241 Å². The van der Waals surface area contributed by atoms with Crippen molar-refractivity contribution in [1.29, 1.82) is 0 Å². The fraction of sp³-hybridized carbons (Fsp3) is 0.0156. The molecule has 0 aliphatic rings. The highest BCUT2D eigenvalue weighted by Gasteiger charge is 2.20. The number of hydrogen-bond donors (Lipinski definition) is 0. The lowest BCUT2D eigenvalue weighted by atomic mass is 9.96. The highest BCUT2D eigenvalue weighted by molar-refractivity contribution is 7.26. The van der Waals surface area contributed by atoms with Crippen molar-refractivity contribution in [3.8, 4) is 22.5 Å². The number of fused-ring (bicyclic) bond motifs is 12. The van der Waals surface area contributed by atoms with Gasteiger partial charge < -0.3 is 13.6 Å². The van der Waals surface area contributed by atoms with E-state index in [0.29, 0.717) is 18.2 Å². The summed E-state index contributed by atoms with van der Waals surface area (Å²) in [6.45, 7) is 4.39. The molecule has 0 fully saturated rings. The maximum Gasteiger partial charge on any atom is 0.161 e. The molecule has 0 amide bonds. The standard InChI is InChI=1S/C64H41N5OS/c1-65-63(42-31-33-56-51(36-42)48-24-10-14-28-55(48)68(56)44-20-6-3-7-21-44)67-64(40-17-4-2-5-18-40)66-39-43-19-16-29-58-61(43)52-35-41(32-34-57(52)70-58)50-37-45(38-60-62(50)49-25-11-15-30-59(49)71-60)69-53-26-12-8-22-46(53)47-23-9-13-27-54(47)69/h2-38H,1,39H2. The second-order valence-electron chi connectivity index (χ2n) is 18.0. The molecule has 0 saturated carbocycles. The van der Waals surface area contributed by atoms with Gasteiger partial charge in [-0.15, -0.1) is 11.3 Å². The molecule has 4 heterocycles. The van der Waals surface area contributed by atoms with E-state index in [-0.39, 0.29) is 0 Å². The lowest BCUT2D eigenvalue weighted by Crippen LogP contribution is -2.05. The number of furan rings is 1. The van der Waals surface area contributed by atoms with Crippen molar-refractivity contribution in [3.63, 3.8) is 0 Å². The van der Waals surface area contributed by atoms with Crippen LogP contribution < -0.4 is 0 Å². The number of para-hydroxylation sites is 4. The average Bonchev–Trinajstić information content (AvgIpc) is 4.19. The molecule has 71 heavy (non-hydrogen) atoms. The van der Waals surface area contributed by atoms with Gasteiger partial charge in [-0.3, -0.25) is 4.99 Å².